The largest absolute Gasteiger partial charge is 0.577 e. The quantitative estimate of drug-likeness (QED) is 0.398. The van der Waals surface area contributed by atoms with Crippen molar-refractivity contribution < 1.29 is 9.84 Å². The van der Waals surface area contributed by atoms with E-state index in [0.717, 1.165) is 0 Å². The van der Waals surface area contributed by atoms with E-state index in [1.165, 1.54) is 13.0 Å². The van der Waals surface area contributed by atoms with Crippen LogP contribution >= 0.6 is 11.6 Å². The maximum atomic E-state index is 8.09. The molecule has 11 heteroatoms. The third-order valence-corrected chi connectivity index (χ3v) is 4.43. The van der Waals surface area contributed by atoms with E-state index in [0.29, 0.717) is 54.1 Å². The lowest BCUT2D eigenvalue weighted by Crippen LogP contribution is -2.37. The maximum absolute atomic E-state index is 8.09. The minimum Gasteiger partial charge on any atom is -0.577 e. The highest BCUT2D eigenvalue weighted by molar-refractivity contribution is 6.35. The fourth-order valence-corrected chi connectivity index (χ4v) is 3.11. The molecule has 4 heterocycles. The predicted molar refractivity (Wildman–Crippen MR) is 106 cm³/mol. The van der Waals surface area contributed by atoms with Gasteiger partial charge in [0, 0.05) is 25.5 Å². The summed E-state index contributed by atoms with van der Waals surface area (Å²) in [7, 11) is 0. The van der Waals surface area contributed by atoms with Crippen LogP contribution in [-0.4, -0.2) is 67.6 Å². The number of hydrogen-bond donors (Lipinski definition) is 1. The summed E-state index contributed by atoms with van der Waals surface area (Å²) in [4.78, 5) is 23.8. The van der Waals surface area contributed by atoms with Gasteiger partial charge in [0.05, 0.1) is 18.2 Å². The Morgan fingerprint density at radius 2 is 2.04 bits per heavy atom. The van der Waals surface area contributed by atoms with Crippen molar-refractivity contribution in [2.75, 3.05) is 31.2 Å². The fraction of sp³-hybridized carbons (Fsp3) is 0.294. The molecule has 0 amide bonds. The third-order valence-electron chi connectivity index (χ3n) is 4.14. The first-order chi connectivity index (χ1) is 13.5. The van der Waals surface area contributed by atoms with Crippen LogP contribution in [0.3, 0.4) is 0 Å². The molecule has 3 aromatic heterocycles. The van der Waals surface area contributed by atoms with Gasteiger partial charge in [-0.15, -0.1) is 4.99 Å². The number of halogens is 1. The predicted octanol–water partition coefficient (Wildman–Crippen LogP) is 1.17. The van der Waals surface area contributed by atoms with E-state index in [-0.39, 0.29) is 17.4 Å². The van der Waals surface area contributed by atoms with Gasteiger partial charge in [-0.3, -0.25) is 9.98 Å². The average Bonchev–Trinajstić information content (AvgIpc) is 3.22. The first-order valence-corrected chi connectivity index (χ1v) is 8.96. The summed E-state index contributed by atoms with van der Waals surface area (Å²) >= 11 is 6.50. The minimum absolute atomic E-state index is 0.0168. The molecule has 0 spiro atoms. The zero-order valence-corrected chi connectivity index (χ0v) is 15.8. The molecule has 1 fully saturated rings. The summed E-state index contributed by atoms with van der Waals surface area (Å²) in [5, 5.41) is 15.9. The molecule has 144 valence electrons. The third kappa shape index (κ3) is 3.51. The van der Waals surface area contributed by atoms with E-state index in [4.69, 9.17) is 26.9 Å². The highest BCUT2D eigenvalue weighted by Gasteiger charge is 2.23. The standard InChI is InChI=1S/C17H17ClN8O2/c1-10(19)21-16(27)12-8-11(18)13-14(22-12)15(25-4-6-28-7-5-25)24-17(23-13)26-3-2-20-9-26/h2-3,8-9H,4-7H2,1H3,(H2,19,21,27)/p+1. The maximum Gasteiger partial charge on any atom is 0.385 e. The number of morpholine rings is 1. The van der Waals surface area contributed by atoms with E-state index < -0.39 is 0 Å². The zero-order valence-electron chi connectivity index (χ0n) is 15.1. The Kier molecular flexibility index (Phi) is 4.88. The van der Waals surface area contributed by atoms with Crippen LogP contribution in [0.25, 0.3) is 17.0 Å². The van der Waals surface area contributed by atoms with Crippen molar-refractivity contribution in [2.45, 2.75) is 6.92 Å². The highest BCUT2D eigenvalue weighted by Crippen LogP contribution is 2.29. The molecule has 3 N–H and O–H groups in total. The summed E-state index contributed by atoms with van der Waals surface area (Å²) in [6.45, 7) is 3.96. The van der Waals surface area contributed by atoms with Gasteiger partial charge >= 0.3 is 5.90 Å². The highest BCUT2D eigenvalue weighted by atomic mass is 35.5. The van der Waals surface area contributed by atoms with E-state index in [1.54, 1.807) is 23.3 Å². The van der Waals surface area contributed by atoms with Crippen molar-refractivity contribution >= 4 is 40.2 Å². The van der Waals surface area contributed by atoms with Crippen LogP contribution in [0.5, 0.6) is 0 Å². The molecule has 0 bridgehead atoms. The van der Waals surface area contributed by atoms with Crippen molar-refractivity contribution in [3.8, 4) is 5.95 Å². The zero-order chi connectivity index (χ0) is 19.7. The van der Waals surface area contributed by atoms with Gasteiger partial charge in [0.25, 0.3) is 0 Å². The van der Waals surface area contributed by atoms with Gasteiger partial charge in [-0.05, 0) is 13.0 Å². The lowest BCUT2D eigenvalue weighted by atomic mass is 10.2. The molecule has 28 heavy (non-hydrogen) atoms. The number of aromatic nitrogens is 5. The minimum atomic E-state index is -0.136. The van der Waals surface area contributed by atoms with E-state index >= 15 is 0 Å². The molecule has 10 nitrogen and oxygen atoms in total. The van der Waals surface area contributed by atoms with Crippen LogP contribution in [0.2, 0.25) is 5.02 Å². The van der Waals surface area contributed by atoms with Crippen LogP contribution in [0.1, 0.15) is 12.6 Å². The van der Waals surface area contributed by atoms with Crippen LogP contribution in [0.15, 0.2) is 29.8 Å². The number of nitrogens with one attached hydrogen (secondary N) is 1. The molecule has 0 radical (unpaired) electrons. The Morgan fingerprint density at radius 3 is 2.71 bits per heavy atom. The molecule has 0 saturated carbocycles. The van der Waals surface area contributed by atoms with Gasteiger partial charge in [-0.1, -0.05) is 11.6 Å². The van der Waals surface area contributed by atoms with Crippen LogP contribution in [-0.2, 0) is 4.74 Å². The van der Waals surface area contributed by atoms with Crippen molar-refractivity contribution in [3.05, 3.63) is 35.5 Å². The van der Waals surface area contributed by atoms with Crippen molar-refractivity contribution in [1.82, 2.24) is 24.5 Å². The molecule has 1 aliphatic heterocycles. The summed E-state index contributed by atoms with van der Waals surface area (Å²) in [6.07, 6.45) is 5.01. The van der Waals surface area contributed by atoms with Crippen molar-refractivity contribution in [3.63, 3.8) is 0 Å². The number of fused-ring (bicyclic) bond motifs is 1. The smallest absolute Gasteiger partial charge is 0.385 e. The second-order valence-corrected chi connectivity index (χ2v) is 6.56. The number of pyridine rings is 1. The van der Waals surface area contributed by atoms with Gasteiger partial charge in [0.1, 0.15) is 23.2 Å². The summed E-state index contributed by atoms with van der Waals surface area (Å²) in [6, 6.07) is 1.53. The number of amidine groups is 1. The van der Waals surface area contributed by atoms with Gasteiger partial charge in [-0.25, -0.2) is 15.0 Å². The van der Waals surface area contributed by atoms with Gasteiger partial charge in [0.15, 0.2) is 11.5 Å². The Balaban J connectivity index is 1.95. The molecule has 0 unspecified atom stereocenters. The van der Waals surface area contributed by atoms with Crippen LogP contribution < -0.4 is 4.90 Å². The number of imidazole rings is 1. The first kappa shape index (κ1) is 18.3. The van der Waals surface area contributed by atoms with Crippen molar-refractivity contribution in [2.24, 2.45) is 4.99 Å². The average molecular weight is 402 g/mol. The van der Waals surface area contributed by atoms with Gasteiger partial charge in [0.2, 0.25) is 5.95 Å². The van der Waals surface area contributed by atoms with E-state index in [9.17, 15) is 0 Å². The van der Waals surface area contributed by atoms with E-state index in [2.05, 4.69) is 29.8 Å². The molecule has 4 rings (SSSR count). The molecule has 0 aromatic carbocycles. The monoisotopic (exact) mass is 401 g/mol. The fourth-order valence-electron chi connectivity index (χ4n) is 2.88. The molecular formula is C17H18ClN8O2+. The normalized spacial score (nSPS) is 15.2. The van der Waals surface area contributed by atoms with Crippen molar-refractivity contribution in [1.29, 1.82) is 5.41 Å². The van der Waals surface area contributed by atoms with Crippen LogP contribution in [0.4, 0.5) is 5.82 Å². The van der Waals surface area contributed by atoms with Gasteiger partial charge < -0.3 is 14.7 Å². The molecule has 0 atom stereocenters. The Bertz CT molecular complexity index is 1060. The molecule has 1 saturated heterocycles. The Labute approximate surface area is 165 Å². The Hall–Kier alpha value is -3.11. The number of hydrogen-bond acceptors (Lipinski definition) is 7. The number of anilines is 1. The second-order valence-electron chi connectivity index (χ2n) is 6.15. The summed E-state index contributed by atoms with van der Waals surface area (Å²) < 4.78 is 7.14. The summed E-state index contributed by atoms with van der Waals surface area (Å²) in [5.74, 6) is 0.921. The second kappa shape index (κ2) is 7.49. The van der Waals surface area contributed by atoms with E-state index in [1.807, 2.05) is 0 Å². The van der Waals surface area contributed by atoms with Gasteiger partial charge in [-0.2, -0.15) is 4.98 Å². The van der Waals surface area contributed by atoms with Crippen LogP contribution in [0, 0.1) is 5.41 Å². The summed E-state index contributed by atoms with van der Waals surface area (Å²) in [5.41, 5.74) is 1.22. The molecule has 1 aliphatic rings. The molecule has 3 aromatic rings. The molecular weight excluding hydrogens is 384 g/mol. The number of aliphatic imine (C=N–C) groups is 1. The number of ether oxygens (including phenoxy) is 1. The number of rotatable bonds is 3. The topological polar surface area (TPSA) is 128 Å². The lowest BCUT2D eigenvalue weighted by Gasteiger charge is -2.28. The Morgan fingerprint density at radius 1 is 1.25 bits per heavy atom. The first-order valence-electron chi connectivity index (χ1n) is 8.58. The lowest BCUT2D eigenvalue weighted by molar-refractivity contribution is 0.122. The SMILES string of the molecule is CC(=N)N=C([OH2+])c1cc(Cl)c2nc(-n3ccnc3)nc(N3CCOCC3)c2n1. The molecule has 0 aliphatic carbocycles. The number of nitrogens with zero attached hydrogens (tertiary/aromatic N) is 7.